The normalized spacial score (nSPS) is 11.7. The Labute approximate surface area is 176 Å². The maximum Gasteiger partial charge on any atom is 0.416 e. The van der Waals surface area contributed by atoms with E-state index >= 15 is 0 Å². The van der Waals surface area contributed by atoms with E-state index in [4.69, 9.17) is 0 Å². The van der Waals surface area contributed by atoms with Crippen LogP contribution in [0.5, 0.6) is 0 Å². The average molecular weight is 449 g/mol. The molecule has 154 valence electrons. The molecule has 1 aromatic carbocycles. The van der Waals surface area contributed by atoms with E-state index in [1.54, 1.807) is 0 Å². The van der Waals surface area contributed by atoms with Crippen molar-refractivity contribution < 1.29 is 18.0 Å². The van der Waals surface area contributed by atoms with Crippen molar-refractivity contribution in [3.8, 4) is 10.4 Å². The van der Waals surface area contributed by atoms with E-state index in [2.05, 4.69) is 10.3 Å². The second kappa shape index (κ2) is 8.04. The Morgan fingerprint density at radius 1 is 1.13 bits per heavy atom. The molecule has 0 aliphatic heterocycles. The van der Waals surface area contributed by atoms with Crippen molar-refractivity contribution in [2.24, 2.45) is 0 Å². The molecule has 4 aromatic rings. The molecule has 3 heterocycles. The number of nitrogens with one attached hydrogen (secondary N) is 1. The molecule has 1 amide bonds. The molecule has 0 atom stereocenters. The summed E-state index contributed by atoms with van der Waals surface area (Å²) in [5, 5.41) is 6.88. The van der Waals surface area contributed by atoms with Gasteiger partial charge < -0.3 is 5.32 Å². The third-order valence-electron chi connectivity index (χ3n) is 4.43. The smallest absolute Gasteiger partial charge is 0.350 e. The molecule has 0 saturated carbocycles. The van der Waals surface area contributed by atoms with Gasteiger partial charge in [-0.2, -0.15) is 13.2 Å². The Bertz CT molecular complexity index is 1240. The second-order valence-electron chi connectivity index (χ2n) is 6.46. The van der Waals surface area contributed by atoms with Gasteiger partial charge in [-0.25, -0.2) is 4.98 Å². The fraction of sp³-hybridized carbons (Fsp3) is 0.150. The molecule has 0 unspecified atom stereocenters. The first-order valence-electron chi connectivity index (χ1n) is 8.76. The number of nitrogens with zero attached hydrogens (tertiary/aromatic N) is 2. The minimum Gasteiger partial charge on any atom is -0.350 e. The number of carbonyl (C=O) groups excluding carboxylic acids is 1. The van der Waals surface area contributed by atoms with Crippen LogP contribution in [0.3, 0.4) is 0 Å². The molecule has 5 nitrogen and oxygen atoms in total. The summed E-state index contributed by atoms with van der Waals surface area (Å²) < 4.78 is 39.1. The van der Waals surface area contributed by atoms with Crippen LogP contribution in [0.25, 0.3) is 20.7 Å². The Balaban J connectivity index is 1.48. The van der Waals surface area contributed by atoms with E-state index in [0.717, 1.165) is 22.6 Å². The summed E-state index contributed by atoms with van der Waals surface area (Å²) in [6, 6.07) is 8.36. The lowest BCUT2D eigenvalue weighted by Gasteiger charge is -2.09. The summed E-state index contributed by atoms with van der Waals surface area (Å²) in [5.41, 5.74) is 0.257. The third kappa shape index (κ3) is 4.14. The van der Waals surface area contributed by atoms with Gasteiger partial charge in [-0.1, -0.05) is 18.2 Å². The van der Waals surface area contributed by atoms with Gasteiger partial charge in [0.1, 0.15) is 11.4 Å². The number of hydrogen-bond acceptors (Lipinski definition) is 5. The third-order valence-corrected chi connectivity index (χ3v) is 6.22. The Kier molecular flexibility index (Phi) is 5.44. The first-order valence-corrected chi connectivity index (χ1v) is 10.5. The van der Waals surface area contributed by atoms with Crippen molar-refractivity contribution in [2.75, 3.05) is 0 Å². The summed E-state index contributed by atoms with van der Waals surface area (Å²) in [6.07, 6.45) is -3.07. The second-order valence-corrected chi connectivity index (χ2v) is 8.26. The number of alkyl halides is 3. The van der Waals surface area contributed by atoms with Crippen LogP contribution in [-0.2, 0) is 24.1 Å². The fourth-order valence-electron chi connectivity index (χ4n) is 2.92. The highest BCUT2D eigenvalue weighted by molar-refractivity contribution is 7.18. The number of thiophene rings is 2. The van der Waals surface area contributed by atoms with Crippen LogP contribution in [-0.4, -0.2) is 15.5 Å². The highest BCUT2D eigenvalue weighted by atomic mass is 32.1. The Morgan fingerprint density at radius 2 is 1.90 bits per heavy atom. The minimum absolute atomic E-state index is 0.0558. The molecule has 1 N–H and O–H groups in total. The molecular weight excluding hydrogens is 435 g/mol. The van der Waals surface area contributed by atoms with E-state index in [0.29, 0.717) is 15.8 Å². The number of rotatable bonds is 5. The van der Waals surface area contributed by atoms with E-state index in [9.17, 15) is 22.8 Å². The molecule has 0 aliphatic carbocycles. The van der Waals surface area contributed by atoms with Gasteiger partial charge in [0.2, 0.25) is 5.91 Å². The van der Waals surface area contributed by atoms with Crippen molar-refractivity contribution in [3.63, 3.8) is 0 Å². The molecule has 0 fully saturated rings. The maximum atomic E-state index is 12.9. The minimum atomic E-state index is -4.40. The number of benzene rings is 1. The summed E-state index contributed by atoms with van der Waals surface area (Å²) in [4.78, 5) is 31.0. The van der Waals surface area contributed by atoms with Gasteiger partial charge in [0.05, 0.1) is 17.3 Å². The molecule has 30 heavy (non-hydrogen) atoms. The predicted octanol–water partition coefficient (Wildman–Crippen LogP) is 4.52. The summed E-state index contributed by atoms with van der Waals surface area (Å²) in [5.74, 6) is -0.439. The van der Waals surface area contributed by atoms with E-state index in [-0.39, 0.29) is 18.6 Å². The van der Waals surface area contributed by atoms with Crippen molar-refractivity contribution in [3.05, 3.63) is 75.0 Å². The topological polar surface area (TPSA) is 64.0 Å². The number of fused-ring (bicyclic) bond motifs is 1. The Hall–Kier alpha value is -2.98. The maximum absolute atomic E-state index is 12.9. The highest BCUT2D eigenvalue weighted by Crippen LogP contribution is 2.33. The lowest BCUT2D eigenvalue weighted by Crippen LogP contribution is -2.32. The molecule has 10 heteroatoms. The van der Waals surface area contributed by atoms with Gasteiger partial charge in [-0.05, 0) is 29.1 Å². The van der Waals surface area contributed by atoms with Crippen LogP contribution in [0, 0.1) is 0 Å². The van der Waals surface area contributed by atoms with Crippen molar-refractivity contribution in [1.82, 2.24) is 14.9 Å². The monoisotopic (exact) mass is 449 g/mol. The van der Waals surface area contributed by atoms with E-state index in [1.165, 1.54) is 45.7 Å². The van der Waals surface area contributed by atoms with Crippen LogP contribution in [0.15, 0.2) is 58.3 Å². The molecule has 4 rings (SSSR count). The van der Waals surface area contributed by atoms with Crippen molar-refractivity contribution in [2.45, 2.75) is 19.3 Å². The van der Waals surface area contributed by atoms with Gasteiger partial charge in [-0.3, -0.25) is 14.2 Å². The quantitative estimate of drug-likeness (QED) is 0.487. The number of carbonyl (C=O) groups is 1. The predicted molar refractivity (Wildman–Crippen MR) is 110 cm³/mol. The SMILES string of the molecule is O=C(Cn1cnc2scc(-c3cccs3)c2c1=O)NCc1ccc(C(F)(F)F)cc1. The van der Waals surface area contributed by atoms with Crippen LogP contribution in [0.4, 0.5) is 13.2 Å². The molecule has 0 aliphatic rings. The number of aromatic nitrogens is 2. The number of amides is 1. The zero-order valence-electron chi connectivity index (χ0n) is 15.3. The standard InChI is InChI=1S/C20H14F3N3O2S2/c21-20(22,23)13-5-3-12(4-6-13)8-24-16(27)9-26-11-25-18-17(19(26)28)14(10-30-18)15-2-1-7-29-15/h1-7,10-11H,8-9H2,(H,24,27). The first-order chi connectivity index (χ1) is 14.3. The molecule has 0 bridgehead atoms. The number of halogens is 3. The van der Waals surface area contributed by atoms with Crippen LogP contribution in [0.1, 0.15) is 11.1 Å². The molecule has 0 radical (unpaired) electrons. The molecular formula is C20H14F3N3O2S2. The fourth-order valence-corrected chi connectivity index (χ4v) is 4.64. The molecule has 3 aromatic heterocycles. The van der Waals surface area contributed by atoms with Crippen LogP contribution >= 0.6 is 22.7 Å². The highest BCUT2D eigenvalue weighted by Gasteiger charge is 2.29. The van der Waals surface area contributed by atoms with E-state index in [1.807, 2.05) is 22.9 Å². The summed E-state index contributed by atoms with van der Waals surface area (Å²) >= 11 is 2.88. The average Bonchev–Trinajstić information content (AvgIpc) is 3.38. The van der Waals surface area contributed by atoms with Crippen LogP contribution < -0.4 is 10.9 Å². The van der Waals surface area contributed by atoms with Gasteiger partial charge in [-0.15, -0.1) is 22.7 Å². The van der Waals surface area contributed by atoms with Crippen molar-refractivity contribution in [1.29, 1.82) is 0 Å². The molecule has 0 saturated heterocycles. The number of hydrogen-bond donors (Lipinski definition) is 1. The zero-order valence-corrected chi connectivity index (χ0v) is 16.9. The lowest BCUT2D eigenvalue weighted by atomic mass is 10.1. The van der Waals surface area contributed by atoms with Gasteiger partial charge in [0, 0.05) is 22.4 Å². The van der Waals surface area contributed by atoms with Crippen molar-refractivity contribution >= 4 is 38.8 Å². The van der Waals surface area contributed by atoms with E-state index < -0.39 is 17.6 Å². The van der Waals surface area contributed by atoms with Gasteiger partial charge in [0.15, 0.2) is 0 Å². The zero-order chi connectivity index (χ0) is 21.3. The molecule has 0 spiro atoms. The van der Waals surface area contributed by atoms with Crippen LogP contribution in [0.2, 0.25) is 0 Å². The largest absolute Gasteiger partial charge is 0.416 e. The lowest BCUT2D eigenvalue weighted by molar-refractivity contribution is -0.137. The first kappa shape index (κ1) is 20.3. The Morgan fingerprint density at radius 3 is 2.57 bits per heavy atom. The summed E-state index contributed by atoms with van der Waals surface area (Å²) in [6.45, 7) is -0.178. The summed E-state index contributed by atoms with van der Waals surface area (Å²) in [7, 11) is 0. The van der Waals surface area contributed by atoms with Gasteiger partial charge in [0.25, 0.3) is 5.56 Å². The van der Waals surface area contributed by atoms with Gasteiger partial charge >= 0.3 is 6.18 Å².